The zero-order valence-electron chi connectivity index (χ0n) is 19.9. The van der Waals surface area contributed by atoms with Crippen molar-refractivity contribution in [1.29, 1.82) is 0 Å². The van der Waals surface area contributed by atoms with Gasteiger partial charge in [-0.3, -0.25) is 0 Å². The molecule has 0 aliphatic rings. The third-order valence-electron chi connectivity index (χ3n) is 4.50. The molecule has 3 aromatic rings. The van der Waals surface area contributed by atoms with E-state index in [4.69, 9.17) is 14.1 Å². The topological polar surface area (TPSA) is 76.4 Å². The summed E-state index contributed by atoms with van der Waals surface area (Å²) in [6.07, 6.45) is -0.0233. The van der Waals surface area contributed by atoms with Crippen molar-refractivity contribution in [1.82, 2.24) is 10.3 Å². The number of ether oxygens (including phenoxy) is 1. The predicted octanol–water partition coefficient (Wildman–Crippen LogP) is 5.70. The van der Waals surface area contributed by atoms with Gasteiger partial charge in [0.05, 0.1) is 11.3 Å². The number of thiophene rings is 1. The summed E-state index contributed by atoms with van der Waals surface area (Å²) in [7, 11) is 0. The highest BCUT2D eigenvalue weighted by molar-refractivity contribution is 7.09. The Morgan fingerprint density at radius 3 is 2.67 bits per heavy atom. The molecule has 1 atom stereocenters. The van der Waals surface area contributed by atoms with Crippen molar-refractivity contribution in [2.75, 3.05) is 5.32 Å². The molecule has 3 rings (SSSR count). The summed E-state index contributed by atoms with van der Waals surface area (Å²) in [6.45, 7) is 11.6. The fraction of sp³-hybridized carbons (Fsp3) is 0.385. The molecule has 7 heteroatoms. The quantitative estimate of drug-likeness (QED) is 0.459. The van der Waals surface area contributed by atoms with Gasteiger partial charge in [0.1, 0.15) is 22.6 Å². The number of carbonyl (C=O) groups is 1. The van der Waals surface area contributed by atoms with Gasteiger partial charge in [0, 0.05) is 23.9 Å². The summed E-state index contributed by atoms with van der Waals surface area (Å²) < 4.78 is 11.6. The van der Waals surface area contributed by atoms with Crippen molar-refractivity contribution < 1.29 is 13.9 Å². The first-order chi connectivity index (χ1) is 15.7. The van der Waals surface area contributed by atoms with E-state index in [9.17, 15) is 4.79 Å². The lowest BCUT2D eigenvalue weighted by Crippen LogP contribution is -2.38. The van der Waals surface area contributed by atoms with E-state index in [0.29, 0.717) is 41.1 Å². The van der Waals surface area contributed by atoms with E-state index in [0.717, 1.165) is 5.69 Å². The number of nitrogens with zero attached hydrogens (tertiary/aromatic N) is 1. The van der Waals surface area contributed by atoms with Crippen LogP contribution in [0.1, 0.15) is 63.4 Å². The summed E-state index contributed by atoms with van der Waals surface area (Å²) in [4.78, 5) is 18.1. The molecule has 0 saturated carbocycles. The number of anilines is 1. The molecule has 172 valence electrons. The number of hydrogen-bond donors (Lipinski definition) is 2. The Kier molecular flexibility index (Phi) is 7.68. The highest BCUT2D eigenvalue weighted by atomic mass is 32.1. The van der Waals surface area contributed by atoms with Crippen LogP contribution in [0.2, 0.25) is 0 Å². The molecule has 0 aromatic carbocycles. The van der Waals surface area contributed by atoms with Crippen LogP contribution in [0.5, 0.6) is 0 Å². The van der Waals surface area contributed by atoms with E-state index in [1.54, 1.807) is 25.2 Å². The molecule has 3 aromatic heterocycles. The molecule has 0 spiro atoms. The summed E-state index contributed by atoms with van der Waals surface area (Å²) in [6, 6.07) is 5.77. The molecule has 0 saturated heterocycles. The first-order valence-corrected chi connectivity index (χ1v) is 11.7. The van der Waals surface area contributed by atoms with Gasteiger partial charge in [-0.25, -0.2) is 9.78 Å². The van der Waals surface area contributed by atoms with Crippen LogP contribution in [-0.2, 0) is 17.7 Å². The Labute approximate surface area is 199 Å². The first kappa shape index (κ1) is 24.2. The van der Waals surface area contributed by atoms with Crippen LogP contribution in [0.3, 0.4) is 0 Å². The minimum absolute atomic E-state index is 0.227. The van der Waals surface area contributed by atoms with Crippen molar-refractivity contribution >= 4 is 34.2 Å². The van der Waals surface area contributed by atoms with E-state index < -0.39 is 11.7 Å². The standard InChI is InChI=1S/C26H29N3O3S/c1-7-10-18-15-21(27-16-19-12-9-13-33-19)24-23(29-18)20(11-8-2)22(31-24)14-17(3)28-25(30)32-26(4,5)6/h9,12-13,15,17H,14,16H2,1-6H3,(H,27,29)(H,28,30)/t17-/m0/s1. The van der Waals surface area contributed by atoms with Crippen molar-refractivity contribution in [2.45, 2.75) is 66.2 Å². The molecule has 2 N–H and O–H groups in total. The molecule has 6 nitrogen and oxygen atoms in total. The van der Waals surface area contributed by atoms with Crippen LogP contribution >= 0.6 is 11.3 Å². The van der Waals surface area contributed by atoms with Gasteiger partial charge in [-0.15, -0.1) is 17.3 Å². The fourth-order valence-corrected chi connectivity index (χ4v) is 3.91. The lowest BCUT2D eigenvalue weighted by molar-refractivity contribution is 0.0507. The molecule has 33 heavy (non-hydrogen) atoms. The largest absolute Gasteiger partial charge is 0.456 e. The second kappa shape index (κ2) is 10.5. The number of alkyl carbamates (subject to hydrolysis) is 1. The van der Waals surface area contributed by atoms with E-state index in [1.807, 2.05) is 45.2 Å². The van der Waals surface area contributed by atoms with Crippen LogP contribution in [-0.4, -0.2) is 22.7 Å². The van der Waals surface area contributed by atoms with Crippen molar-refractivity contribution in [2.24, 2.45) is 0 Å². The van der Waals surface area contributed by atoms with Crippen LogP contribution in [0, 0.1) is 23.7 Å². The number of pyridine rings is 1. The van der Waals surface area contributed by atoms with Crippen LogP contribution < -0.4 is 10.6 Å². The third kappa shape index (κ3) is 6.54. The van der Waals surface area contributed by atoms with E-state index in [-0.39, 0.29) is 6.04 Å². The minimum atomic E-state index is -0.564. The van der Waals surface area contributed by atoms with Crippen LogP contribution in [0.25, 0.3) is 11.1 Å². The Balaban J connectivity index is 1.96. The van der Waals surface area contributed by atoms with Gasteiger partial charge in [-0.2, -0.15) is 0 Å². The van der Waals surface area contributed by atoms with Gasteiger partial charge < -0.3 is 19.8 Å². The number of fused-ring (bicyclic) bond motifs is 1. The number of rotatable bonds is 6. The average molecular weight is 464 g/mol. The maximum absolute atomic E-state index is 12.2. The zero-order valence-corrected chi connectivity index (χ0v) is 20.7. The summed E-state index contributed by atoms with van der Waals surface area (Å²) in [5.41, 5.74) is 2.90. The van der Waals surface area contributed by atoms with Crippen molar-refractivity contribution in [3.63, 3.8) is 0 Å². The zero-order chi connectivity index (χ0) is 24.0. The number of hydrogen-bond acceptors (Lipinski definition) is 6. The number of amides is 1. The van der Waals surface area contributed by atoms with Gasteiger partial charge in [-0.1, -0.05) is 17.9 Å². The fourth-order valence-electron chi connectivity index (χ4n) is 3.27. The molecule has 0 bridgehead atoms. The number of carbonyl (C=O) groups excluding carboxylic acids is 1. The lowest BCUT2D eigenvalue weighted by Gasteiger charge is -2.21. The lowest BCUT2D eigenvalue weighted by atomic mass is 10.1. The number of furan rings is 1. The average Bonchev–Trinajstić information content (AvgIpc) is 3.34. The Hall–Kier alpha value is -3.42. The van der Waals surface area contributed by atoms with Gasteiger partial charge in [0.25, 0.3) is 0 Å². The predicted molar refractivity (Wildman–Crippen MR) is 133 cm³/mol. The Bertz CT molecular complexity index is 1250. The highest BCUT2D eigenvalue weighted by Crippen LogP contribution is 2.32. The molecule has 1 amide bonds. The van der Waals surface area contributed by atoms with Crippen molar-refractivity contribution in [3.05, 3.63) is 45.5 Å². The SMILES string of the molecule is CC#Cc1cc(NCc2cccs2)c2oc(C[C@H](C)NC(=O)OC(C)(C)C)c(C#CC)c2n1. The highest BCUT2D eigenvalue weighted by Gasteiger charge is 2.22. The molecular formula is C26H29N3O3S. The third-order valence-corrected chi connectivity index (χ3v) is 5.38. The Morgan fingerprint density at radius 1 is 1.27 bits per heavy atom. The summed E-state index contributed by atoms with van der Waals surface area (Å²) in [5, 5.41) is 8.36. The maximum atomic E-state index is 12.2. The van der Waals surface area contributed by atoms with Gasteiger partial charge in [0.15, 0.2) is 5.58 Å². The van der Waals surface area contributed by atoms with Gasteiger partial charge in [-0.05, 0) is 65.0 Å². The summed E-state index contributed by atoms with van der Waals surface area (Å²) >= 11 is 1.69. The van der Waals surface area contributed by atoms with Crippen molar-refractivity contribution in [3.8, 4) is 23.7 Å². The first-order valence-electron chi connectivity index (χ1n) is 10.8. The molecule has 0 radical (unpaired) electrons. The van der Waals surface area contributed by atoms with Gasteiger partial charge in [0.2, 0.25) is 0 Å². The Morgan fingerprint density at radius 2 is 2.03 bits per heavy atom. The molecule has 0 unspecified atom stereocenters. The van der Waals surface area contributed by atoms with Crippen LogP contribution in [0.15, 0.2) is 28.0 Å². The molecular weight excluding hydrogens is 434 g/mol. The normalized spacial score (nSPS) is 11.7. The van der Waals surface area contributed by atoms with E-state index >= 15 is 0 Å². The monoisotopic (exact) mass is 463 g/mol. The van der Waals surface area contributed by atoms with Gasteiger partial charge >= 0.3 is 6.09 Å². The smallest absolute Gasteiger partial charge is 0.407 e. The van der Waals surface area contributed by atoms with E-state index in [1.165, 1.54) is 4.88 Å². The minimum Gasteiger partial charge on any atom is -0.456 e. The van der Waals surface area contributed by atoms with Crippen LogP contribution in [0.4, 0.5) is 10.5 Å². The molecule has 0 aliphatic heterocycles. The second-order valence-corrected chi connectivity index (χ2v) is 9.60. The second-order valence-electron chi connectivity index (χ2n) is 8.57. The molecule has 0 fully saturated rings. The number of nitrogens with one attached hydrogen (secondary N) is 2. The number of aromatic nitrogens is 1. The maximum Gasteiger partial charge on any atom is 0.407 e. The molecule has 3 heterocycles. The summed E-state index contributed by atoms with van der Waals surface area (Å²) in [5.74, 6) is 12.7. The molecule has 0 aliphatic carbocycles. The van der Waals surface area contributed by atoms with E-state index in [2.05, 4.69) is 40.4 Å².